The van der Waals surface area contributed by atoms with Gasteiger partial charge in [-0.1, -0.05) is 0 Å². The number of nitriles is 1. The quantitative estimate of drug-likeness (QED) is 0.770. The highest BCUT2D eigenvalue weighted by Crippen LogP contribution is 2.03. The number of aromatic nitrogens is 4. The van der Waals surface area contributed by atoms with Crippen molar-refractivity contribution in [2.24, 2.45) is 7.05 Å². The molecule has 0 aliphatic heterocycles. The summed E-state index contributed by atoms with van der Waals surface area (Å²) in [5.74, 6) is 1.47. The van der Waals surface area contributed by atoms with Gasteiger partial charge in [-0.25, -0.2) is 0 Å². The molecule has 2 aromatic heterocycles. The molecule has 0 aliphatic rings. The van der Waals surface area contributed by atoms with Gasteiger partial charge in [-0.15, -0.1) is 10.2 Å². The van der Waals surface area contributed by atoms with Crippen molar-refractivity contribution in [1.29, 1.82) is 5.26 Å². The molecule has 0 saturated heterocycles. The van der Waals surface area contributed by atoms with E-state index in [4.69, 9.17) is 5.26 Å². The average molecular weight is 243 g/mol. The van der Waals surface area contributed by atoms with Gasteiger partial charge in [0.1, 0.15) is 17.5 Å². The minimum absolute atomic E-state index is 0.138. The molecule has 6 heteroatoms. The molecule has 2 heterocycles. The lowest BCUT2D eigenvalue weighted by molar-refractivity contribution is 0.654. The third kappa shape index (κ3) is 1.91. The van der Waals surface area contributed by atoms with Gasteiger partial charge >= 0.3 is 0 Å². The van der Waals surface area contributed by atoms with Crippen LogP contribution in [0.4, 0.5) is 0 Å². The van der Waals surface area contributed by atoms with E-state index < -0.39 is 0 Å². The standard InChI is InChI=1S/C12H13N5O/c1-8-4-5-10(6-13)12(18)17(8)7-11-15-14-9(2)16(11)3/h4-5H,7H2,1-3H3. The van der Waals surface area contributed by atoms with Crippen LogP contribution in [-0.4, -0.2) is 19.3 Å². The summed E-state index contributed by atoms with van der Waals surface area (Å²) in [7, 11) is 1.85. The molecule has 0 aromatic carbocycles. The molecule has 0 bridgehead atoms. The van der Waals surface area contributed by atoms with Crippen molar-refractivity contribution in [2.75, 3.05) is 0 Å². The van der Waals surface area contributed by atoms with Crippen LogP contribution in [0.2, 0.25) is 0 Å². The second kappa shape index (κ2) is 4.45. The van der Waals surface area contributed by atoms with Gasteiger partial charge in [-0.05, 0) is 26.0 Å². The lowest BCUT2D eigenvalue weighted by Gasteiger charge is -2.09. The first kappa shape index (κ1) is 12.0. The molecule has 2 rings (SSSR count). The second-order valence-electron chi connectivity index (χ2n) is 4.11. The van der Waals surface area contributed by atoms with Crippen molar-refractivity contribution in [2.45, 2.75) is 20.4 Å². The summed E-state index contributed by atoms with van der Waals surface area (Å²) in [6, 6.07) is 5.18. The molecule has 18 heavy (non-hydrogen) atoms. The van der Waals surface area contributed by atoms with Crippen molar-refractivity contribution in [3.63, 3.8) is 0 Å². The highest BCUT2D eigenvalue weighted by atomic mass is 16.1. The van der Waals surface area contributed by atoms with Gasteiger partial charge in [0.05, 0.1) is 6.54 Å². The first-order valence-electron chi connectivity index (χ1n) is 5.50. The molecular formula is C12H13N5O. The van der Waals surface area contributed by atoms with E-state index in [1.54, 1.807) is 6.07 Å². The zero-order chi connectivity index (χ0) is 13.3. The molecule has 2 aromatic rings. The summed E-state index contributed by atoms with van der Waals surface area (Å²) < 4.78 is 3.35. The van der Waals surface area contributed by atoms with Crippen LogP contribution in [0, 0.1) is 25.2 Å². The molecule has 0 fully saturated rings. The fourth-order valence-electron chi connectivity index (χ4n) is 1.68. The van der Waals surface area contributed by atoms with Gasteiger partial charge < -0.3 is 9.13 Å². The van der Waals surface area contributed by atoms with Crippen molar-refractivity contribution >= 4 is 0 Å². The van der Waals surface area contributed by atoms with Crippen LogP contribution in [0.1, 0.15) is 22.9 Å². The Hall–Kier alpha value is -2.42. The minimum atomic E-state index is -0.293. The molecule has 0 atom stereocenters. The highest BCUT2D eigenvalue weighted by molar-refractivity contribution is 5.27. The number of nitrogens with zero attached hydrogens (tertiary/aromatic N) is 5. The lowest BCUT2D eigenvalue weighted by Crippen LogP contribution is -2.26. The molecule has 6 nitrogen and oxygen atoms in total. The Morgan fingerprint density at radius 2 is 2.06 bits per heavy atom. The molecule has 0 spiro atoms. The van der Waals surface area contributed by atoms with Gasteiger partial charge in [-0.3, -0.25) is 4.79 Å². The third-order valence-corrected chi connectivity index (χ3v) is 3.00. The maximum Gasteiger partial charge on any atom is 0.269 e. The van der Waals surface area contributed by atoms with Crippen LogP contribution in [0.15, 0.2) is 16.9 Å². The van der Waals surface area contributed by atoms with Crippen LogP contribution >= 0.6 is 0 Å². The van der Waals surface area contributed by atoms with E-state index >= 15 is 0 Å². The van der Waals surface area contributed by atoms with E-state index in [-0.39, 0.29) is 11.1 Å². The third-order valence-electron chi connectivity index (χ3n) is 3.00. The summed E-state index contributed by atoms with van der Waals surface area (Å²) in [4.78, 5) is 12.0. The first-order valence-corrected chi connectivity index (χ1v) is 5.50. The van der Waals surface area contributed by atoms with E-state index in [0.29, 0.717) is 12.4 Å². The minimum Gasteiger partial charge on any atom is -0.317 e. The average Bonchev–Trinajstić information content (AvgIpc) is 2.66. The molecule has 92 valence electrons. The maximum atomic E-state index is 12.0. The van der Waals surface area contributed by atoms with E-state index in [9.17, 15) is 4.79 Å². The van der Waals surface area contributed by atoms with E-state index in [1.807, 2.05) is 31.5 Å². The number of hydrogen-bond donors (Lipinski definition) is 0. The van der Waals surface area contributed by atoms with Crippen LogP contribution < -0.4 is 5.56 Å². The fraction of sp³-hybridized carbons (Fsp3) is 0.333. The van der Waals surface area contributed by atoms with Gasteiger partial charge in [-0.2, -0.15) is 5.26 Å². The predicted octanol–water partition coefficient (Wildman–Crippen LogP) is 0.514. The number of pyridine rings is 1. The first-order chi connectivity index (χ1) is 8.54. The van der Waals surface area contributed by atoms with Crippen molar-refractivity contribution in [3.05, 3.63) is 45.4 Å². The molecule has 0 saturated carbocycles. The molecule has 0 N–H and O–H groups in total. The molecule has 0 amide bonds. The second-order valence-corrected chi connectivity index (χ2v) is 4.11. The normalized spacial score (nSPS) is 10.3. The van der Waals surface area contributed by atoms with E-state index in [2.05, 4.69) is 10.2 Å². The largest absolute Gasteiger partial charge is 0.317 e. The van der Waals surface area contributed by atoms with E-state index in [1.165, 1.54) is 10.6 Å². The Labute approximate surface area is 104 Å². The smallest absolute Gasteiger partial charge is 0.269 e. The van der Waals surface area contributed by atoms with Gasteiger partial charge in [0.15, 0.2) is 5.82 Å². The summed E-state index contributed by atoms with van der Waals surface area (Å²) >= 11 is 0. The predicted molar refractivity (Wildman–Crippen MR) is 65.0 cm³/mol. The fourth-order valence-corrected chi connectivity index (χ4v) is 1.68. The summed E-state index contributed by atoms with van der Waals surface area (Å²) in [6.45, 7) is 3.99. The maximum absolute atomic E-state index is 12.0. The van der Waals surface area contributed by atoms with Crippen LogP contribution in [0.5, 0.6) is 0 Å². The van der Waals surface area contributed by atoms with Crippen molar-refractivity contribution in [3.8, 4) is 6.07 Å². The van der Waals surface area contributed by atoms with Crippen LogP contribution in [0.3, 0.4) is 0 Å². The SMILES string of the molecule is Cc1nnc(Cn2c(C)ccc(C#N)c2=O)n1C. The van der Waals surface area contributed by atoms with Crippen molar-refractivity contribution < 1.29 is 0 Å². The summed E-state index contributed by atoms with van der Waals surface area (Å²) in [5, 5.41) is 16.8. The lowest BCUT2D eigenvalue weighted by atomic mass is 10.2. The zero-order valence-corrected chi connectivity index (χ0v) is 10.5. The summed E-state index contributed by atoms with van der Waals surface area (Å²) in [6.07, 6.45) is 0. The Bertz CT molecular complexity index is 689. The van der Waals surface area contributed by atoms with Gasteiger partial charge in [0.2, 0.25) is 0 Å². The molecule has 0 radical (unpaired) electrons. The molecule has 0 aliphatic carbocycles. The Morgan fingerprint density at radius 3 is 2.61 bits per heavy atom. The molecule has 0 unspecified atom stereocenters. The van der Waals surface area contributed by atoms with Crippen LogP contribution in [0.25, 0.3) is 0 Å². The van der Waals surface area contributed by atoms with Crippen molar-refractivity contribution in [1.82, 2.24) is 19.3 Å². The Kier molecular flexibility index (Phi) is 2.98. The molecular weight excluding hydrogens is 230 g/mol. The number of aryl methyl sites for hydroxylation is 2. The van der Waals surface area contributed by atoms with Crippen LogP contribution in [-0.2, 0) is 13.6 Å². The topological polar surface area (TPSA) is 76.5 Å². The Morgan fingerprint density at radius 1 is 1.33 bits per heavy atom. The van der Waals surface area contributed by atoms with E-state index in [0.717, 1.165) is 11.5 Å². The number of hydrogen-bond acceptors (Lipinski definition) is 4. The monoisotopic (exact) mass is 243 g/mol. The Balaban J connectivity index is 2.50. The van der Waals surface area contributed by atoms with Gasteiger partial charge in [0, 0.05) is 12.7 Å². The summed E-state index contributed by atoms with van der Waals surface area (Å²) in [5.41, 5.74) is 0.636. The zero-order valence-electron chi connectivity index (χ0n) is 10.5. The highest BCUT2D eigenvalue weighted by Gasteiger charge is 2.10. The van der Waals surface area contributed by atoms with Gasteiger partial charge in [0.25, 0.3) is 5.56 Å². The number of rotatable bonds is 2.